The van der Waals surface area contributed by atoms with Crippen LogP contribution >= 0.6 is 0 Å². The van der Waals surface area contributed by atoms with Crippen LogP contribution in [0, 0.1) is 6.92 Å². The molecule has 1 aromatic heterocycles. The number of nitrogens with one attached hydrogen (secondary N) is 4. The van der Waals surface area contributed by atoms with Crippen molar-refractivity contribution >= 4 is 11.8 Å². The highest BCUT2D eigenvalue weighted by Gasteiger charge is 2.40. The fourth-order valence-corrected chi connectivity index (χ4v) is 4.52. The molecule has 180 valence electrons. The molecule has 0 bridgehead atoms. The number of benzene rings is 1. The van der Waals surface area contributed by atoms with E-state index in [-0.39, 0.29) is 31.2 Å². The molecule has 4 N–H and O–H groups in total. The van der Waals surface area contributed by atoms with Crippen LogP contribution in [-0.2, 0) is 9.59 Å². The Kier molecular flexibility index (Phi) is 7.12. The number of alkyl halides is 1. The molecule has 3 atom stereocenters. The maximum Gasteiger partial charge on any atom is 0.243 e. The Bertz CT molecular complexity index is 1070. The zero-order valence-electron chi connectivity index (χ0n) is 19.6. The van der Waals surface area contributed by atoms with E-state index in [0.717, 1.165) is 16.8 Å². The summed E-state index contributed by atoms with van der Waals surface area (Å²) in [4.78, 5) is 32.4. The molecule has 2 amide bonds. The zero-order chi connectivity index (χ0) is 24.2. The van der Waals surface area contributed by atoms with E-state index in [4.69, 9.17) is 4.98 Å². The number of hydrogen-bond donors (Lipinski definition) is 4. The van der Waals surface area contributed by atoms with Crippen molar-refractivity contribution in [2.24, 2.45) is 0 Å². The van der Waals surface area contributed by atoms with Gasteiger partial charge in [-0.25, -0.2) is 4.39 Å². The zero-order valence-corrected chi connectivity index (χ0v) is 19.6. The summed E-state index contributed by atoms with van der Waals surface area (Å²) >= 11 is 0. The molecule has 1 aromatic carbocycles. The monoisotopic (exact) mass is 466 g/mol. The summed E-state index contributed by atoms with van der Waals surface area (Å²) in [6, 6.07) is 12.1. The minimum Gasteiger partial charge on any atom is -0.342 e. The minimum absolute atomic E-state index is 0.0270. The molecule has 0 radical (unpaired) electrons. The second-order valence-corrected chi connectivity index (χ2v) is 9.05. The molecule has 0 saturated carbocycles. The highest BCUT2D eigenvalue weighted by molar-refractivity contribution is 5.89. The molecular weight excluding hydrogens is 435 g/mol. The lowest BCUT2D eigenvalue weighted by Gasteiger charge is -2.27. The van der Waals surface area contributed by atoms with Gasteiger partial charge in [0.1, 0.15) is 12.2 Å². The van der Waals surface area contributed by atoms with Crippen molar-refractivity contribution in [1.29, 1.82) is 0 Å². The number of aryl methyl sites for hydroxylation is 1. The van der Waals surface area contributed by atoms with Gasteiger partial charge in [0.05, 0.1) is 30.4 Å². The number of hydrazine groups is 2. The largest absolute Gasteiger partial charge is 0.342 e. The predicted octanol–water partition coefficient (Wildman–Crippen LogP) is 2.50. The predicted molar refractivity (Wildman–Crippen MR) is 127 cm³/mol. The Morgan fingerprint density at radius 1 is 1.21 bits per heavy atom. The van der Waals surface area contributed by atoms with Crippen molar-refractivity contribution in [3.63, 3.8) is 0 Å². The summed E-state index contributed by atoms with van der Waals surface area (Å²) in [7, 11) is 0. The summed E-state index contributed by atoms with van der Waals surface area (Å²) in [5, 5.41) is 3.05. The van der Waals surface area contributed by atoms with Crippen molar-refractivity contribution in [1.82, 2.24) is 31.6 Å². The van der Waals surface area contributed by atoms with Crippen molar-refractivity contribution in [2.45, 2.75) is 57.8 Å². The van der Waals surface area contributed by atoms with Crippen LogP contribution in [-0.4, -0.2) is 40.5 Å². The number of aromatic nitrogens is 1. The minimum atomic E-state index is -1.25. The topological polar surface area (TPSA) is 98.4 Å². The lowest BCUT2D eigenvalue weighted by atomic mass is 9.98. The Morgan fingerprint density at radius 3 is 2.62 bits per heavy atom. The third kappa shape index (κ3) is 5.20. The molecule has 2 aromatic rings. The second-order valence-electron chi connectivity index (χ2n) is 9.05. The Labute approximate surface area is 199 Å². The average molecular weight is 467 g/mol. The Balaban J connectivity index is 1.57. The third-order valence-corrected chi connectivity index (χ3v) is 6.24. The van der Waals surface area contributed by atoms with Crippen molar-refractivity contribution in [3.8, 4) is 0 Å². The van der Waals surface area contributed by atoms with E-state index in [9.17, 15) is 14.0 Å². The van der Waals surface area contributed by atoms with Crippen LogP contribution in [0.25, 0.3) is 0 Å². The van der Waals surface area contributed by atoms with E-state index >= 15 is 0 Å². The van der Waals surface area contributed by atoms with Gasteiger partial charge in [-0.2, -0.15) is 5.53 Å². The van der Waals surface area contributed by atoms with E-state index in [2.05, 4.69) is 35.6 Å². The first-order chi connectivity index (χ1) is 16.3. The quantitative estimate of drug-likeness (QED) is 0.501. The number of rotatable bonds is 7. The van der Waals surface area contributed by atoms with Crippen LogP contribution in [0.5, 0.6) is 0 Å². The van der Waals surface area contributed by atoms with Gasteiger partial charge in [0, 0.05) is 18.3 Å². The number of amides is 2. The molecule has 2 aliphatic rings. The third-order valence-electron chi connectivity index (χ3n) is 6.24. The van der Waals surface area contributed by atoms with Crippen LogP contribution in [0.15, 0.2) is 54.4 Å². The second kappa shape index (κ2) is 10.2. The highest BCUT2D eigenvalue weighted by Crippen LogP contribution is 2.27. The number of nitrogens with zero attached hydrogens (tertiary/aromatic N) is 2. The van der Waals surface area contributed by atoms with Crippen LogP contribution in [0.3, 0.4) is 0 Å². The number of halogens is 1. The number of pyridine rings is 1. The maximum atomic E-state index is 14.4. The molecule has 0 spiro atoms. The molecule has 1 unspecified atom stereocenters. The summed E-state index contributed by atoms with van der Waals surface area (Å²) in [6.07, 6.45) is 0.384. The van der Waals surface area contributed by atoms with Crippen molar-refractivity contribution < 1.29 is 14.0 Å². The number of carbonyl (C=O) groups is 2. The van der Waals surface area contributed by atoms with E-state index in [1.54, 1.807) is 6.20 Å². The maximum absolute atomic E-state index is 14.4. The SMILES string of the molecule is Cc1nc(C(NC(=O)[C@@H]2C[C@@H](F)CN2C(=O)CC2=CNNN2)c2ccccc2)ccc1C(C)C. The van der Waals surface area contributed by atoms with Gasteiger partial charge in [-0.05, 0) is 30.0 Å². The molecule has 9 heteroatoms. The lowest BCUT2D eigenvalue weighted by Crippen LogP contribution is -2.47. The Morgan fingerprint density at radius 2 is 1.97 bits per heavy atom. The summed E-state index contributed by atoms with van der Waals surface area (Å²) in [5.41, 5.74) is 12.5. The van der Waals surface area contributed by atoms with E-state index in [1.165, 1.54) is 4.90 Å². The molecule has 2 aliphatic heterocycles. The normalized spacial score (nSPS) is 20.5. The van der Waals surface area contributed by atoms with Gasteiger partial charge in [-0.3, -0.25) is 14.6 Å². The summed E-state index contributed by atoms with van der Waals surface area (Å²) in [6.45, 7) is 6.09. The van der Waals surface area contributed by atoms with Crippen molar-refractivity contribution in [3.05, 3.63) is 76.9 Å². The van der Waals surface area contributed by atoms with Crippen LogP contribution < -0.4 is 21.7 Å². The average Bonchev–Trinajstić information content (AvgIpc) is 3.47. The molecule has 34 heavy (non-hydrogen) atoms. The van der Waals surface area contributed by atoms with E-state index < -0.39 is 18.3 Å². The first-order valence-corrected chi connectivity index (χ1v) is 11.6. The van der Waals surface area contributed by atoms with Gasteiger partial charge in [0.25, 0.3) is 0 Å². The van der Waals surface area contributed by atoms with Crippen LogP contribution in [0.4, 0.5) is 4.39 Å². The molecule has 1 fully saturated rings. The summed E-state index contributed by atoms with van der Waals surface area (Å²) < 4.78 is 14.4. The molecular formula is C25H31FN6O2. The van der Waals surface area contributed by atoms with Crippen molar-refractivity contribution in [2.75, 3.05) is 6.54 Å². The fraction of sp³-hybridized carbons (Fsp3) is 0.400. The first kappa shape index (κ1) is 23.7. The smallest absolute Gasteiger partial charge is 0.243 e. The number of carbonyl (C=O) groups excluding carboxylic acids is 2. The van der Waals surface area contributed by atoms with E-state index in [1.807, 2.05) is 49.4 Å². The molecule has 3 heterocycles. The Hall–Kier alpha value is -3.46. The standard InChI is InChI=1S/C25H31FN6O2/c1-15(2)20-9-10-21(28-16(20)3)24(17-7-5-4-6-8-17)29-25(34)22-11-18(26)14-32(22)23(33)12-19-13-27-31-30-19/h4-10,13,15,18,22,24,27,30-31H,11-12,14H2,1-3H3,(H,29,34)/t18-,22+,24?/m1/s1. The van der Waals surface area contributed by atoms with Gasteiger partial charge >= 0.3 is 0 Å². The first-order valence-electron chi connectivity index (χ1n) is 11.6. The summed E-state index contributed by atoms with van der Waals surface area (Å²) in [5.74, 6) is -0.365. The highest BCUT2D eigenvalue weighted by atomic mass is 19.1. The van der Waals surface area contributed by atoms with Gasteiger partial charge < -0.3 is 21.1 Å². The molecule has 1 saturated heterocycles. The van der Waals surface area contributed by atoms with Crippen LogP contribution in [0.2, 0.25) is 0 Å². The molecule has 4 rings (SSSR count). The number of likely N-dealkylation sites (tertiary alicyclic amines) is 1. The van der Waals surface area contributed by atoms with E-state index in [0.29, 0.717) is 17.3 Å². The molecule has 0 aliphatic carbocycles. The van der Waals surface area contributed by atoms with Gasteiger partial charge in [0.2, 0.25) is 11.8 Å². The van der Waals surface area contributed by atoms with Gasteiger partial charge in [0.15, 0.2) is 0 Å². The van der Waals surface area contributed by atoms with Crippen LogP contribution in [0.1, 0.15) is 61.2 Å². The lowest BCUT2D eigenvalue weighted by molar-refractivity contribution is -0.138. The molecule has 8 nitrogen and oxygen atoms in total. The number of hydrogen-bond acceptors (Lipinski definition) is 6. The fourth-order valence-electron chi connectivity index (χ4n) is 4.52. The van der Waals surface area contributed by atoms with Gasteiger partial charge in [-0.15, -0.1) is 0 Å². The van der Waals surface area contributed by atoms with Gasteiger partial charge in [-0.1, -0.05) is 50.2 Å².